The Bertz CT molecular complexity index is 308. The van der Waals surface area contributed by atoms with E-state index < -0.39 is 17.8 Å². The summed E-state index contributed by atoms with van der Waals surface area (Å²) >= 11 is 4.99. The normalized spacial score (nSPS) is 9.31. The van der Waals surface area contributed by atoms with E-state index in [1.165, 1.54) is 0 Å². The highest BCUT2D eigenvalue weighted by Gasteiger charge is 2.06. The van der Waals surface area contributed by atoms with Crippen LogP contribution in [-0.4, -0.2) is 17.8 Å². The summed E-state index contributed by atoms with van der Waals surface area (Å²) in [4.78, 5) is 21.4. The van der Waals surface area contributed by atoms with Gasteiger partial charge in [-0.05, 0) is 23.7 Å². The number of carbonyl (C=O) groups is 2. The third-order valence-electron chi connectivity index (χ3n) is 1.33. The minimum Gasteiger partial charge on any atom is -0.453 e. The number of rotatable bonds is 3. The maximum Gasteiger partial charge on any atom is 0.338 e. The molecule has 0 unspecified atom stereocenters. The molecule has 3 nitrogen and oxygen atoms in total. The van der Waals surface area contributed by atoms with Gasteiger partial charge in [0.1, 0.15) is 0 Å². The fraction of sp³-hybridized carbons (Fsp3) is 0.111. The molecule has 68 valence electrons. The topological polar surface area (TPSA) is 43.4 Å². The van der Waals surface area contributed by atoms with E-state index in [2.05, 4.69) is 4.74 Å². The zero-order chi connectivity index (χ0) is 9.68. The molecule has 0 atom stereocenters. The Balaban J connectivity index is 2.54. The van der Waals surface area contributed by atoms with E-state index in [1.54, 1.807) is 30.3 Å². The molecule has 0 aliphatic rings. The summed E-state index contributed by atoms with van der Waals surface area (Å²) in [5.74, 6) is -0.547. The number of halogens is 1. The average molecular weight is 199 g/mol. The van der Waals surface area contributed by atoms with E-state index in [-0.39, 0.29) is 0 Å². The van der Waals surface area contributed by atoms with Crippen LogP contribution >= 0.6 is 11.6 Å². The first kappa shape index (κ1) is 9.74. The second kappa shape index (κ2) is 4.62. The Hall–Kier alpha value is -1.35. The second-order valence-corrected chi connectivity index (χ2v) is 2.72. The van der Waals surface area contributed by atoms with Crippen LogP contribution in [0.4, 0.5) is 0 Å². The Morgan fingerprint density at radius 3 is 2.38 bits per heavy atom. The number of hydrogen-bond acceptors (Lipinski definition) is 3. The molecule has 0 N–H and O–H groups in total. The van der Waals surface area contributed by atoms with Gasteiger partial charge in [0.05, 0.1) is 5.56 Å². The van der Waals surface area contributed by atoms with Crippen molar-refractivity contribution in [1.82, 2.24) is 0 Å². The predicted molar refractivity (Wildman–Crippen MR) is 47.6 cm³/mol. The molecular weight excluding hydrogens is 192 g/mol. The van der Waals surface area contributed by atoms with Crippen molar-refractivity contribution >= 4 is 22.8 Å². The average Bonchev–Trinajstić information content (AvgIpc) is 2.15. The zero-order valence-electron chi connectivity index (χ0n) is 6.70. The highest BCUT2D eigenvalue weighted by atomic mass is 35.5. The highest BCUT2D eigenvalue weighted by Crippen LogP contribution is 2.00. The first-order valence-electron chi connectivity index (χ1n) is 3.60. The maximum atomic E-state index is 11.1. The predicted octanol–water partition coefficient (Wildman–Crippen LogP) is 1.61. The summed E-state index contributed by atoms with van der Waals surface area (Å²) in [6, 6.07) is 8.39. The van der Waals surface area contributed by atoms with Crippen molar-refractivity contribution in [2.45, 2.75) is 0 Å². The van der Waals surface area contributed by atoms with Gasteiger partial charge in [-0.2, -0.15) is 0 Å². The Morgan fingerprint density at radius 2 is 1.85 bits per heavy atom. The minimum atomic E-state index is -0.690. The molecule has 0 radical (unpaired) electrons. The first-order chi connectivity index (χ1) is 6.20. The van der Waals surface area contributed by atoms with Crippen LogP contribution in [0.25, 0.3) is 0 Å². The second-order valence-electron chi connectivity index (χ2n) is 2.30. The number of hydrogen-bond donors (Lipinski definition) is 0. The molecule has 0 amide bonds. The monoisotopic (exact) mass is 198 g/mol. The molecule has 0 spiro atoms. The molecule has 0 saturated carbocycles. The third kappa shape index (κ3) is 3.25. The summed E-state index contributed by atoms with van der Waals surface area (Å²) < 4.78 is 4.57. The molecule has 4 heteroatoms. The molecule has 0 bridgehead atoms. The van der Waals surface area contributed by atoms with Crippen LogP contribution in [0.1, 0.15) is 10.4 Å². The van der Waals surface area contributed by atoms with Crippen LogP contribution in [0.15, 0.2) is 30.3 Å². The molecule has 0 fully saturated rings. The molecular formula is C9H7ClO3. The Kier molecular flexibility index (Phi) is 3.46. The standard InChI is InChI=1S/C9H7ClO3/c10-8(11)6-13-9(12)7-4-2-1-3-5-7/h1-5H,6H2. The van der Waals surface area contributed by atoms with Gasteiger partial charge < -0.3 is 4.74 Å². The van der Waals surface area contributed by atoms with E-state index in [4.69, 9.17) is 11.6 Å². The molecule has 0 aliphatic heterocycles. The van der Waals surface area contributed by atoms with Crippen LogP contribution < -0.4 is 0 Å². The van der Waals surface area contributed by atoms with Gasteiger partial charge in [-0.3, -0.25) is 4.79 Å². The van der Waals surface area contributed by atoms with Crippen LogP contribution in [0.2, 0.25) is 0 Å². The maximum absolute atomic E-state index is 11.1. The van der Waals surface area contributed by atoms with Gasteiger partial charge in [0, 0.05) is 0 Å². The molecule has 1 aromatic carbocycles. The molecule has 0 aromatic heterocycles. The van der Waals surface area contributed by atoms with Crippen molar-refractivity contribution in [3.8, 4) is 0 Å². The van der Waals surface area contributed by atoms with Crippen LogP contribution in [0, 0.1) is 0 Å². The third-order valence-corrected chi connectivity index (χ3v) is 1.44. The van der Waals surface area contributed by atoms with E-state index in [1.807, 2.05) is 0 Å². The zero-order valence-corrected chi connectivity index (χ0v) is 7.45. The molecule has 0 heterocycles. The number of ether oxygens (including phenoxy) is 1. The molecule has 13 heavy (non-hydrogen) atoms. The number of benzene rings is 1. The summed E-state index contributed by atoms with van der Waals surface area (Å²) in [5.41, 5.74) is 0.403. The molecule has 0 aliphatic carbocycles. The van der Waals surface area contributed by atoms with Gasteiger partial charge in [0.25, 0.3) is 5.24 Å². The lowest BCUT2D eigenvalue weighted by Gasteiger charge is -2.00. The fourth-order valence-electron chi connectivity index (χ4n) is 0.780. The van der Waals surface area contributed by atoms with Gasteiger partial charge in [-0.1, -0.05) is 18.2 Å². The molecule has 1 aromatic rings. The van der Waals surface area contributed by atoms with Gasteiger partial charge in [0.15, 0.2) is 6.61 Å². The minimum absolute atomic E-state index is 0.394. The highest BCUT2D eigenvalue weighted by molar-refractivity contribution is 6.64. The van der Waals surface area contributed by atoms with Crippen molar-refractivity contribution in [2.75, 3.05) is 6.61 Å². The Morgan fingerprint density at radius 1 is 1.23 bits per heavy atom. The van der Waals surface area contributed by atoms with Crippen LogP contribution in [-0.2, 0) is 9.53 Å². The largest absolute Gasteiger partial charge is 0.453 e. The fourth-order valence-corrected chi connectivity index (χ4v) is 0.834. The van der Waals surface area contributed by atoms with Crippen molar-refractivity contribution in [3.63, 3.8) is 0 Å². The lowest BCUT2D eigenvalue weighted by molar-refractivity contribution is -0.114. The molecule has 1 rings (SSSR count). The molecule has 0 saturated heterocycles. The number of esters is 1. The van der Waals surface area contributed by atoms with Crippen molar-refractivity contribution in [1.29, 1.82) is 0 Å². The first-order valence-corrected chi connectivity index (χ1v) is 3.98. The van der Waals surface area contributed by atoms with Gasteiger partial charge in [-0.25, -0.2) is 4.79 Å². The lowest BCUT2D eigenvalue weighted by Crippen LogP contribution is -2.09. The van der Waals surface area contributed by atoms with Gasteiger partial charge in [0.2, 0.25) is 0 Å². The summed E-state index contributed by atoms with van der Waals surface area (Å²) in [6.07, 6.45) is 0. The van der Waals surface area contributed by atoms with Crippen LogP contribution in [0.3, 0.4) is 0 Å². The number of carbonyl (C=O) groups excluding carboxylic acids is 2. The quantitative estimate of drug-likeness (QED) is 0.548. The van der Waals surface area contributed by atoms with Crippen molar-refractivity contribution in [3.05, 3.63) is 35.9 Å². The summed E-state index contributed by atoms with van der Waals surface area (Å²) in [5, 5.41) is -0.690. The van der Waals surface area contributed by atoms with Gasteiger partial charge >= 0.3 is 5.97 Å². The summed E-state index contributed by atoms with van der Waals surface area (Å²) in [7, 11) is 0. The lowest BCUT2D eigenvalue weighted by atomic mass is 10.2. The smallest absolute Gasteiger partial charge is 0.338 e. The van der Waals surface area contributed by atoms with Gasteiger partial charge in [-0.15, -0.1) is 0 Å². The van der Waals surface area contributed by atoms with E-state index >= 15 is 0 Å². The van der Waals surface area contributed by atoms with E-state index in [0.717, 1.165) is 0 Å². The van der Waals surface area contributed by atoms with E-state index in [0.29, 0.717) is 5.56 Å². The SMILES string of the molecule is O=C(Cl)COC(=O)c1ccccc1. The Labute approximate surface area is 80.3 Å². The van der Waals surface area contributed by atoms with E-state index in [9.17, 15) is 9.59 Å². The summed E-state index contributed by atoms with van der Waals surface area (Å²) in [6.45, 7) is -0.394. The van der Waals surface area contributed by atoms with Crippen molar-refractivity contribution < 1.29 is 14.3 Å². The van der Waals surface area contributed by atoms with Crippen LogP contribution in [0.5, 0.6) is 0 Å². The van der Waals surface area contributed by atoms with Crippen molar-refractivity contribution in [2.24, 2.45) is 0 Å².